The highest BCUT2D eigenvalue weighted by atomic mass is 32.1. The lowest BCUT2D eigenvalue weighted by Gasteiger charge is -2.26. The number of nitrogens with zero attached hydrogens (tertiary/aromatic N) is 5. The quantitative estimate of drug-likeness (QED) is 0.446. The van der Waals surface area contributed by atoms with Gasteiger partial charge in [0.05, 0.1) is 40.4 Å². The van der Waals surface area contributed by atoms with E-state index < -0.39 is 0 Å². The highest BCUT2D eigenvalue weighted by Crippen LogP contribution is 2.36. The monoisotopic (exact) mass is 427 g/mol. The second kappa shape index (κ2) is 8.34. The summed E-state index contributed by atoms with van der Waals surface area (Å²) in [6.45, 7) is 3.05. The van der Waals surface area contributed by atoms with Gasteiger partial charge in [0.2, 0.25) is 0 Å². The summed E-state index contributed by atoms with van der Waals surface area (Å²) in [5.74, 6) is 0.657. The van der Waals surface area contributed by atoms with Crippen LogP contribution in [-0.2, 0) is 11.8 Å². The molecule has 0 amide bonds. The molecule has 0 radical (unpaired) electrons. The predicted molar refractivity (Wildman–Crippen MR) is 125 cm³/mol. The molecule has 3 heterocycles. The maximum atomic E-state index is 9.99. The largest absolute Gasteiger partial charge is 0.378 e. The van der Waals surface area contributed by atoms with E-state index >= 15 is 0 Å². The van der Waals surface area contributed by atoms with E-state index in [1.54, 1.807) is 11.3 Å². The summed E-state index contributed by atoms with van der Waals surface area (Å²) in [7, 11) is 1.94. The van der Waals surface area contributed by atoms with E-state index in [4.69, 9.17) is 14.7 Å². The van der Waals surface area contributed by atoms with Crippen LogP contribution in [0.4, 0.5) is 5.13 Å². The lowest BCUT2D eigenvalue weighted by atomic mass is 10.1. The molecule has 0 N–H and O–H groups in total. The summed E-state index contributed by atoms with van der Waals surface area (Å²) in [5.41, 5.74) is 4.32. The summed E-state index contributed by atoms with van der Waals surface area (Å²) in [6, 6.07) is 20.4. The van der Waals surface area contributed by atoms with Gasteiger partial charge in [-0.2, -0.15) is 5.26 Å². The Labute approximate surface area is 184 Å². The molecule has 1 saturated heterocycles. The number of fused-ring (bicyclic) bond motifs is 1. The van der Waals surface area contributed by atoms with Crippen molar-refractivity contribution in [2.45, 2.75) is 0 Å². The molecule has 4 aromatic rings. The number of thiazole rings is 1. The minimum atomic E-state index is 0.521. The number of benzene rings is 2. The van der Waals surface area contributed by atoms with Crippen molar-refractivity contribution in [3.63, 3.8) is 0 Å². The maximum absolute atomic E-state index is 9.99. The number of aromatic nitrogens is 3. The van der Waals surface area contributed by atoms with E-state index in [0.717, 1.165) is 45.4 Å². The van der Waals surface area contributed by atoms with Gasteiger partial charge in [0.1, 0.15) is 6.07 Å². The summed E-state index contributed by atoms with van der Waals surface area (Å²) in [4.78, 5) is 12.9. The average Bonchev–Trinajstić information content (AvgIpc) is 3.40. The minimum Gasteiger partial charge on any atom is -0.378 e. The standard InChI is InChI=1S/C24H21N5OS/c1-28-20-10-6-5-9-19(20)26-23(28)18(16-25)15-21-22(17-7-3-2-4-8-17)27-24(31-21)29-11-13-30-14-12-29/h2-10,15H,11-14H2,1H3/b18-15-. The molecule has 0 spiro atoms. The smallest absolute Gasteiger partial charge is 0.186 e. The van der Waals surface area contributed by atoms with Crippen molar-refractivity contribution in [1.82, 2.24) is 14.5 Å². The van der Waals surface area contributed by atoms with Crippen LogP contribution in [0.15, 0.2) is 54.6 Å². The van der Waals surface area contributed by atoms with Gasteiger partial charge in [0.15, 0.2) is 11.0 Å². The molecule has 0 atom stereocenters. The van der Waals surface area contributed by atoms with Crippen LogP contribution >= 0.6 is 11.3 Å². The van der Waals surface area contributed by atoms with Gasteiger partial charge in [-0.1, -0.05) is 53.8 Å². The number of imidazole rings is 1. The molecule has 1 fully saturated rings. The molecule has 6 nitrogen and oxygen atoms in total. The molecule has 0 saturated carbocycles. The van der Waals surface area contributed by atoms with Crippen molar-refractivity contribution in [1.29, 1.82) is 5.26 Å². The lowest BCUT2D eigenvalue weighted by molar-refractivity contribution is 0.122. The van der Waals surface area contributed by atoms with Crippen LogP contribution in [0.3, 0.4) is 0 Å². The number of hydrogen-bond acceptors (Lipinski definition) is 6. The molecule has 154 valence electrons. The van der Waals surface area contributed by atoms with Crippen LogP contribution in [0.5, 0.6) is 0 Å². The molecule has 1 aliphatic heterocycles. The fraction of sp³-hybridized carbons (Fsp3) is 0.208. The lowest BCUT2D eigenvalue weighted by Crippen LogP contribution is -2.36. The third-order valence-electron chi connectivity index (χ3n) is 5.39. The number of aryl methyl sites for hydroxylation is 1. The molecule has 0 unspecified atom stereocenters. The number of hydrogen-bond donors (Lipinski definition) is 0. The number of para-hydroxylation sites is 2. The van der Waals surface area contributed by atoms with Gasteiger partial charge in [0, 0.05) is 25.7 Å². The van der Waals surface area contributed by atoms with Crippen molar-refractivity contribution in [2.24, 2.45) is 7.05 Å². The molecule has 1 aliphatic rings. The fourth-order valence-electron chi connectivity index (χ4n) is 3.78. The van der Waals surface area contributed by atoms with Gasteiger partial charge in [-0.25, -0.2) is 9.97 Å². The van der Waals surface area contributed by atoms with Gasteiger partial charge < -0.3 is 14.2 Å². The van der Waals surface area contributed by atoms with Gasteiger partial charge >= 0.3 is 0 Å². The number of anilines is 1. The number of ether oxygens (including phenoxy) is 1. The molecule has 2 aromatic heterocycles. The first-order valence-corrected chi connectivity index (χ1v) is 11.0. The second-order valence-corrected chi connectivity index (χ2v) is 8.34. The molecule has 0 aliphatic carbocycles. The third-order valence-corrected chi connectivity index (χ3v) is 6.46. The van der Waals surface area contributed by atoms with Crippen molar-refractivity contribution < 1.29 is 4.74 Å². The van der Waals surface area contributed by atoms with E-state index in [-0.39, 0.29) is 0 Å². The maximum Gasteiger partial charge on any atom is 0.186 e. The molecule has 5 rings (SSSR count). The number of allylic oxidation sites excluding steroid dienone is 1. The summed E-state index contributed by atoms with van der Waals surface area (Å²) in [5, 5.41) is 10.9. The zero-order valence-electron chi connectivity index (χ0n) is 17.2. The third kappa shape index (κ3) is 3.72. The highest BCUT2D eigenvalue weighted by molar-refractivity contribution is 7.17. The Balaban J connectivity index is 1.63. The Bertz CT molecular complexity index is 1290. The number of nitriles is 1. The van der Waals surface area contributed by atoms with E-state index in [9.17, 15) is 5.26 Å². The van der Waals surface area contributed by atoms with E-state index in [1.165, 1.54) is 0 Å². The molecule has 31 heavy (non-hydrogen) atoms. The molecule has 7 heteroatoms. The van der Waals surface area contributed by atoms with E-state index in [2.05, 4.69) is 23.1 Å². The van der Waals surface area contributed by atoms with Crippen LogP contribution in [-0.4, -0.2) is 40.8 Å². The first kappa shape index (κ1) is 19.5. The van der Waals surface area contributed by atoms with Crippen LogP contribution in [0.2, 0.25) is 0 Å². The van der Waals surface area contributed by atoms with Gasteiger partial charge in [-0.15, -0.1) is 0 Å². The Morgan fingerprint density at radius 2 is 1.81 bits per heavy atom. The molecule has 2 aromatic carbocycles. The van der Waals surface area contributed by atoms with Crippen molar-refractivity contribution in [3.05, 3.63) is 65.3 Å². The fourth-order valence-corrected chi connectivity index (χ4v) is 4.86. The Kier molecular flexibility index (Phi) is 5.24. The van der Waals surface area contributed by atoms with E-state index in [1.807, 2.05) is 60.2 Å². The second-order valence-electron chi connectivity index (χ2n) is 7.33. The van der Waals surface area contributed by atoms with Crippen LogP contribution in [0.1, 0.15) is 10.7 Å². The average molecular weight is 428 g/mol. The summed E-state index contributed by atoms with van der Waals surface area (Å²) >= 11 is 1.61. The highest BCUT2D eigenvalue weighted by Gasteiger charge is 2.20. The van der Waals surface area contributed by atoms with Gasteiger partial charge in [-0.05, 0) is 18.2 Å². The molecular weight excluding hydrogens is 406 g/mol. The van der Waals surface area contributed by atoms with Gasteiger partial charge in [0.25, 0.3) is 0 Å². The Hall–Kier alpha value is -3.47. The molecular formula is C24H21N5OS. The normalized spacial score (nSPS) is 14.7. The topological polar surface area (TPSA) is 67.0 Å². The summed E-state index contributed by atoms with van der Waals surface area (Å²) in [6.07, 6.45) is 1.92. The van der Waals surface area contributed by atoms with Crippen molar-refractivity contribution in [3.8, 4) is 17.3 Å². The SMILES string of the molecule is Cn1c(/C(C#N)=C\c2sc(N3CCOCC3)nc2-c2ccccc2)nc2ccccc21. The zero-order valence-corrected chi connectivity index (χ0v) is 18.0. The van der Waals surface area contributed by atoms with Crippen LogP contribution in [0.25, 0.3) is 33.9 Å². The van der Waals surface area contributed by atoms with Crippen LogP contribution < -0.4 is 4.90 Å². The first-order valence-electron chi connectivity index (χ1n) is 10.2. The number of rotatable bonds is 4. The predicted octanol–water partition coefficient (Wildman–Crippen LogP) is 4.60. The summed E-state index contributed by atoms with van der Waals surface area (Å²) < 4.78 is 7.46. The van der Waals surface area contributed by atoms with Gasteiger partial charge in [-0.3, -0.25) is 0 Å². The number of morpholine rings is 1. The Morgan fingerprint density at radius 1 is 1.06 bits per heavy atom. The first-order chi connectivity index (χ1) is 15.2. The minimum absolute atomic E-state index is 0.521. The van der Waals surface area contributed by atoms with Crippen LogP contribution in [0, 0.1) is 11.3 Å². The Morgan fingerprint density at radius 3 is 2.55 bits per heavy atom. The molecule has 0 bridgehead atoms. The van der Waals surface area contributed by atoms with E-state index in [0.29, 0.717) is 24.6 Å². The zero-order chi connectivity index (χ0) is 21.2. The van der Waals surface area contributed by atoms with Crippen molar-refractivity contribution in [2.75, 3.05) is 31.2 Å². The van der Waals surface area contributed by atoms with Crippen molar-refractivity contribution >= 4 is 39.2 Å².